The molecule has 0 bridgehead atoms. The minimum Gasteiger partial charge on any atom is -0.386 e. The maximum absolute atomic E-state index is 12.9. The summed E-state index contributed by atoms with van der Waals surface area (Å²) in [6, 6.07) is 9.99. The van der Waals surface area contributed by atoms with Crippen molar-refractivity contribution in [2.24, 2.45) is 0 Å². The predicted octanol–water partition coefficient (Wildman–Crippen LogP) is 4.71. The van der Waals surface area contributed by atoms with Crippen molar-refractivity contribution in [3.05, 3.63) is 64.1 Å². The Balaban J connectivity index is 2.04. The highest BCUT2D eigenvalue weighted by Crippen LogP contribution is 2.34. The van der Waals surface area contributed by atoms with Crippen molar-refractivity contribution in [3.8, 4) is 0 Å². The van der Waals surface area contributed by atoms with Crippen LogP contribution in [0.5, 0.6) is 0 Å². The number of carbonyl (C=O) groups excluding carboxylic acids is 1. The van der Waals surface area contributed by atoms with E-state index in [0.717, 1.165) is 16.6 Å². The maximum atomic E-state index is 12.9. The average molecular weight is 417 g/mol. The van der Waals surface area contributed by atoms with Crippen molar-refractivity contribution >= 4 is 27.6 Å². The van der Waals surface area contributed by atoms with Gasteiger partial charge in [-0.05, 0) is 36.8 Å². The van der Waals surface area contributed by atoms with Crippen molar-refractivity contribution in [3.63, 3.8) is 0 Å². The van der Waals surface area contributed by atoms with Gasteiger partial charge < -0.3 is 15.7 Å². The average Bonchev–Trinajstić information content (AvgIpc) is 2.54. The van der Waals surface area contributed by atoms with E-state index in [1.54, 1.807) is 31.2 Å². The van der Waals surface area contributed by atoms with Gasteiger partial charge in [-0.25, -0.2) is 4.79 Å². The van der Waals surface area contributed by atoms with Gasteiger partial charge in [-0.3, -0.25) is 0 Å². The monoisotopic (exact) mass is 416 g/mol. The molecule has 0 radical (unpaired) electrons. The molecule has 0 aliphatic rings. The number of carbonyl (C=O) groups is 1. The summed E-state index contributed by atoms with van der Waals surface area (Å²) in [7, 11) is 0. The Bertz CT molecular complexity index is 735. The van der Waals surface area contributed by atoms with Crippen molar-refractivity contribution < 1.29 is 23.1 Å². The Morgan fingerprint density at radius 3 is 2.32 bits per heavy atom. The van der Waals surface area contributed by atoms with Crippen LogP contribution < -0.4 is 10.6 Å². The zero-order valence-electron chi connectivity index (χ0n) is 13.1. The number of halogens is 4. The molecule has 0 saturated carbocycles. The van der Waals surface area contributed by atoms with Crippen LogP contribution in [0.2, 0.25) is 0 Å². The first-order valence-electron chi connectivity index (χ1n) is 7.36. The zero-order chi connectivity index (χ0) is 18.6. The third-order valence-corrected chi connectivity index (χ3v) is 4.05. The highest BCUT2D eigenvalue weighted by molar-refractivity contribution is 9.10. The molecule has 2 amide bonds. The van der Waals surface area contributed by atoms with Gasteiger partial charge in [0.25, 0.3) is 0 Å². The molecule has 2 unspecified atom stereocenters. The third-order valence-electron chi connectivity index (χ3n) is 3.52. The SMILES string of the molecule is CC(NC(=O)Nc1ccccc1C(F)(F)F)C(O)c1ccc(Br)cc1. The summed E-state index contributed by atoms with van der Waals surface area (Å²) < 4.78 is 39.6. The van der Waals surface area contributed by atoms with Crippen LogP contribution in [0, 0.1) is 0 Å². The van der Waals surface area contributed by atoms with Crippen molar-refractivity contribution in [2.75, 3.05) is 5.32 Å². The second-order valence-electron chi connectivity index (χ2n) is 5.43. The van der Waals surface area contributed by atoms with Gasteiger partial charge in [-0.2, -0.15) is 13.2 Å². The van der Waals surface area contributed by atoms with Crippen LogP contribution in [0.4, 0.5) is 23.7 Å². The molecule has 3 N–H and O–H groups in total. The summed E-state index contributed by atoms with van der Waals surface area (Å²) in [4.78, 5) is 12.0. The standard InChI is InChI=1S/C17H16BrF3N2O2/c1-10(15(24)11-6-8-12(18)9-7-11)22-16(25)23-14-5-3-2-4-13(14)17(19,20)21/h2-10,15,24H,1H3,(H2,22,23,25). The molecular formula is C17H16BrF3N2O2. The predicted molar refractivity (Wildman–Crippen MR) is 92.2 cm³/mol. The third kappa shape index (κ3) is 5.20. The smallest absolute Gasteiger partial charge is 0.386 e. The minimum absolute atomic E-state index is 0.349. The maximum Gasteiger partial charge on any atom is 0.418 e. The zero-order valence-corrected chi connectivity index (χ0v) is 14.7. The topological polar surface area (TPSA) is 61.4 Å². The summed E-state index contributed by atoms with van der Waals surface area (Å²) >= 11 is 3.28. The number of hydrogen-bond donors (Lipinski definition) is 3. The highest BCUT2D eigenvalue weighted by Gasteiger charge is 2.33. The Morgan fingerprint density at radius 1 is 1.12 bits per heavy atom. The number of aliphatic hydroxyl groups excluding tert-OH is 1. The Hall–Kier alpha value is -2.06. The van der Waals surface area contributed by atoms with Gasteiger partial charge in [-0.1, -0.05) is 40.2 Å². The number of benzene rings is 2. The Kier molecular flexibility index (Phi) is 6.07. The van der Waals surface area contributed by atoms with Crippen LogP contribution in [0.15, 0.2) is 53.0 Å². The first-order valence-corrected chi connectivity index (χ1v) is 8.15. The molecule has 2 rings (SSSR count). The molecule has 0 aliphatic carbocycles. The molecule has 0 aliphatic heterocycles. The summed E-state index contributed by atoms with van der Waals surface area (Å²) in [5.74, 6) is 0. The number of rotatable bonds is 4. The van der Waals surface area contributed by atoms with Crippen LogP contribution >= 0.6 is 15.9 Å². The highest BCUT2D eigenvalue weighted by atomic mass is 79.9. The molecule has 2 atom stereocenters. The number of alkyl halides is 3. The lowest BCUT2D eigenvalue weighted by molar-refractivity contribution is -0.136. The van der Waals surface area contributed by atoms with Gasteiger partial charge in [0.2, 0.25) is 0 Å². The van der Waals surface area contributed by atoms with Crippen LogP contribution in [0.3, 0.4) is 0 Å². The first kappa shape index (κ1) is 19.3. The molecular weight excluding hydrogens is 401 g/mol. The van der Waals surface area contributed by atoms with E-state index in [4.69, 9.17) is 0 Å². The molecule has 134 valence electrons. The minimum atomic E-state index is -4.58. The number of nitrogens with one attached hydrogen (secondary N) is 2. The molecule has 2 aromatic rings. The van der Waals surface area contributed by atoms with Crippen molar-refractivity contribution in [1.29, 1.82) is 0 Å². The Labute approximate surface area is 151 Å². The lowest BCUT2D eigenvalue weighted by atomic mass is 10.0. The van der Waals surface area contributed by atoms with Crippen LogP contribution in [0.25, 0.3) is 0 Å². The number of hydrogen-bond acceptors (Lipinski definition) is 2. The molecule has 0 spiro atoms. The molecule has 25 heavy (non-hydrogen) atoms. The largest absolute Gasteiger partial charge is 0.418 e. The van der Waals surface area contributed by atoms with Gasteiger partial charge in [0.05, 0.1) is 23.4 Å². The Morgan fingerprint density at radius 2 is 1.72 bits per heavy atom. The van der Waals surface area contributed by atoms with Gasteiger partial charge in [0, 0.05) is 4.47 Å². The molecule has 4 nitrogen and oxygen atoms in total. The molecule has 2 aromatic carbocycles. The van der Waals surface area contributed by atoms with E-state index in [0.29, 0.717) is 5.56 Å². The fourth-order valence-corrected chi connectivity index (χ4v) is 2.50. The fourth-order valence-electron chi connectivity index (χ4n) is 2.23. The van der Waals surface area contributed by atoms with Gasteiger partial charge in [0.15, 0.2) is 0 Å². The number of para-hydroxylation sites is 1. The molecule has 0 saturated heterocycles. The van der Waals surface area contributed by atoms with Gasteiger partial charge in [-0.15, -0.1) is 0 Å². The first-order chi connectivity index (χ1) is 11.7. The van der Waals surface area contributed by atoms with E-state index in [9.17, 15) is 23.1 Å². The lowest BCUT2D eigenvalue weighted by Gasteiger charge is -2.21. The van der Waals surface area contributed by atoms with Gasteiger partial charge >= 0.3 is 12.2 Å². The summed E-state index contributed by atoms with van der Waals surface area (Å²) in [6.07, 6.45) is -5.58. The van der Waals surface area contributed by atoms with E-state index in [1.165, 1.54) is 12.1 Å². The summed E-state index contributed by atoms with van der Waals surface area (Å²) in [5.41, 5.74) is -0.712. The van der Waals surface area contributed by atoms with Gasteiger partial charge in [0.1, 0.15) is 0 Å². The van der Waals surface area contributed by atoms with Crippen LogP contribution in [0.1, 0.15) is 24.2 Å². The normalized spacial score (nSPS) is 13.8. The molecule has 0 aromatic heterocycles. The number of urea groups is 1. The fraction of sp³-hybridized carbons (Fsp3) is 0.235. The number of anilines is 1. The van der Waals surface area contributed by atoms with E-state index in [1.807, 2.05) is 0 Å². The second kappa shape index (κ2) is 7.88. The van der Waals surface area contributed by atoms with E-state index in [-0.39, 0.29) is 5.69 Å². The second-order valence-corrected chi connectivity index (χ2v) is 6.34. The number of amides is 2. The van der Waals surface area contributed by atoms with Crippen molar-refractivity contribution in [2.45, 2.75) is 25.2 Å². The molecule has 0 heterocycles. The summed E-state index contributed by atoms with van der Waals surface area (Å²) in [6.45, 7) is 1.56. The van der Waals surface area contributed by atoms with Crippen LogP contribution in [-0.2, 0) is 6.18 Å². The lowest BCUT2D eigenvalue weighted by Crippen LogP contribution is -2.40. The molecule has 0 fully saturated rings. The number of aliphatic hydroxyl groups is 1. The van der Waals surface area contributed by atoms with Crippen molar-refractivity contribution in [1.82, 2.24) is 5.32 Å². The van der Waals surface area contributed by atoms with E-state index in [2.05, 4.69) is 26.6 Å². The summed E-state index contributed by atoms with van der Waals surface area (Å²) in [5, 5.41) is 14.9. The molecule has 8 heteroatoms. The quantitative estimate of drug-likeness (QED) is 0.675. The van der Waals surface area contributed by atoms with E-state index >= 15 is 0 Å². The van der Waals surface area contributed by atoms with Crippen LogP contribution in [-0.4, -0.2) is 17.2 Å². The van der Waals surface area contributed by atoms with E-state index < -0.39 is 29.9 Å².